The molecule has 0 aromatic heterocycles. The van der Waals surface area contributed by atoms with E-state index in [1.807, 2.05) is 26.8 Å². The van der Waals surface area contributed by atoms with Gasteiger partial charge >= 0.3 is 0 Å². The summed E-state index contributed by atoms with van der Waals surface area (Å²) in [6.07, 6.45) is 0.613. The summed E-state index contributed by atoms with van der Waals surface area (Å²) in [6.45, 7) is 12.3. The molecule has 0 aliphatic heterocycles. The fourth-order valence-corrected chi connectivity index (χ4v) is 2.15. The summed E-state index contributed by atoms with van der Waals surface area (Å²) < 4.78 is 5.68. The van der Waals surface area contributed by atoms with Gasteiger partial charge in [0.05, 0.1) is 18.3 Å². The molecule has 0 saturated carbocycles. The van der Waals surface area contributed by atoms with Crippen molar-refractivity contribution in [2.24, 2.45) is 0 Å². The maximum Gasteiger partial charge on any atom is 0.0900 e. The molecule has 3 nitrogen and oxygen atoms in total. The second-order valence-corrected chi connectivity index (χ2v) is 6.75. The van der Waals surface area contributed by atoms with Gasteiger partial charge in [0.25, 0.3) is 0 Å². The minimum Gasteiger partial charge on any atom is -0.389 e. The molecular weight excluding hydrogens is 262 g/mol. The molecule has 0 bridgehead atoms. The summed E-state index contributed by atoms with van der Waals surface area (Å²) in [5, 5.41) is 10.2. The Morgan fingerprint density at radius 1 is 1.19 bits per heavy atom. The van der Waals surface area contributed by atoms with Crippen LogP contribution in [0.1, 0.15) is 46.6 Å². The van der Waals surface area contributed by atoms with Crippen LogP contribution in [0.15, 0.2) is 30.3 Å². The normalized spacial score (nSPS) is 15.2. The average molecular weight is 293 g/mol. The van der Waals surface area contributed by atoms with E-state index < -0.39 is 6.10 Å². The molecule has 0 heterocycles. The van der Waals surface area contributed by atoms with Gasteiger partial charge in [0.2, 0.25) is 0 Å². The van der Waals surface area contributed by atoms with Gasteiger partial charge in [-0.2, -0.15) is 0 Å². The second-order valence-electron chi connectivity index (χ2n) is 6.75. The highest BCUT2D eigenvalue weighted by Gasteiger charge is 2.19. The van der Waals surface area contributed by atoms with Gasteiger partial charge < -0.3 is 9.84 Å². The predicted molar refractivity (Wildman–Crippen MR) is 88.3 cm³/mol. The van der Waals surface area contributed by atoms with Crippen molar-refractivity contribution in [3.8, 4) is 0 Å². The van der Waals surface area contributed by atoms with Gasteiger partial charge in [0.1, 0.15) is 0 Å². The molecule has 1 rings (SSSR count). The Hall–Kier alpha value is -0.900. The molecule has 2 atom stereocenters. The number of aliphatic hydroxyl groups is 1. The van der Waals surface area contributed by atoms with Crippen molar-refractivity contribution in [1.29, 1.82) is 0 Å². The molecule has 1 N–H and O–H groups in total. The van der Waals surface area contributed by atoms with Gasteiger partial charge in [-0.3, -0.25) is 4.90 Å². The van der Waals surface area contributed by atoms with Crippen LogP contribution in [-0.4, -0.2) is 40.9 Å². The van der Waals surface area contributed by atoms with Gasteiger partial charge in [-0.15, -0.1) is 0 Å². The quantitative estimate of drug-likeness (QED) is 0.796. The molecule has 21 heavy (non-hydrogen) atoms. The Morgan fingerprint density at radius 3 is 2.33 bits per heavy atom. The zero-order valence-corrected chi connectivity index (χ0v) is 14.2. The lowest BCUT2D eigenvalue weighted by Gasteiger charge is -2.31. The summed E-state index contributed by atoms with van der Waals surface area (Å²) in [5.41, 5.74) is 1.07. The summed E-state index contributed by atoms with van der Waals surface area (Å²) in [5.74, 6) is 0. The first-order valence-electron chi connectivity index (χ1n) is 7.92. The van der Waals surface area contributed by atoms with E-state index >= 15 is 0 Å². The lowest BCUT2D eigenvalue weighted by molar-refractivity contribution is -0.0593. The minimum atomic E-state index is -0.457. The van der Waals surface area contributed by atoms with E-state index in [1.165, 1.54) is 5.56 Å². The Labute approximate surface area is 129 Å². The highest BCUT2D eigenvalue weighted by Crippen LogP contribution is 2.13. The number of benzene rings is 1. The van der Waals surface area contributed by atoms with E-state index in [2.05, 4.69) is 43.0 Å². The van der Waals surface area contributed by atoms with Crippen molar-refractivity contribution in [2.45, 2.75) is 65.3 Å². The predicted octanol–water partition coefficient (Wildman–Crippen LogP) is 3.46. The summed E-state index contributed by atoms with van der Waals surface area (Å²) in [7, 11) is 0. The lowest BCUT2D eigenvalue weighted by Crippen LogP contribution is -2.40. The highest BCUT2D eigenvalue weighted by atomic mass is 16.5. The maximum absolute atomic E-state index is 10.2. The van der Waals surface area contributed by atoms with Crippen molar-refractivity contribution >= 4 is 0 Å². The molecule has 0 aliphatic rings. The molecule has 2 unspecified atom stereocenters. The van der Waals surface area contributed by atoms with E-state index in [0.29, 0.717) is 19.2 Å². The molecule has 1 aromatic rings. The molecule has 0 amide bonds. The Morgan fingerprint density at radius 2 is 1.81 bits per heavy atom. The van der Waals surface area contributed by atoms with Crippen LogP contribution in [0.4, 0.5) is 0 Å². The van der Waals surface area contributed by atoms with Crippen molar-refractivity contribution in [1.82, 2.24) is 4.90 Å². The van der Waals surface area contributed by atoms with Crippen LogP contribution >= 0.6 is 0 Å². The van der Waals surface area contributed by atoms with Crippen LogP contribution in [0, 0.1) is 0 Å². The smallest absolute Gasteiger partial charge is 0.0900 e. The zero-order chi connectivity index (χ0) is 15.9. The molecule has 0 spiro atoms. The fourth-order valence-electron chi connectivity index (χ4n) is 2.15. The lowest BCUT2D eigenvalue weighted by atomic mass is 10.1. The minimum absolute atomic E-state index is 0.207. The molecule has 0 fully saturated rings. The third kappa shape index (κ3) is 7.60. The number of hydrogen-bond acceptors (Lipinski definition) is 3. The maximum atomic E-state index is 10.2. The Bertz CT molecular complexity index is 386. The molecule has 0 saturated heterocycles. The topological polar surface area (TPSA) is 32.7 Å². The first-order chi connectivity index (χ1) is 9.81. The molecule has 1 aromatic carbocycles. The summed E-state index contributed by atoms with van der Waals surface area (Å²) in [6, 6.07) is 10.9. The second kappa shape index (κ2) is 8.52. The van der Waals surface area contributed by atoms with Crippen LogP contribution in [-0.2, 0) is 11.3 Å². The van der Waals surface area contributed by atoms with E-state index in [-0.39, 0.29) is 5.60 Å². The zero-order valence-electron chi connectivity index (χ0n) is 14.2. The monoisotopic (exact) mass is 293 g/mol. The fraction of sp³-hybridized carbons (Fsp3) is 0.667. The summed E-state index contributed by atoms with van der Waals surface area (Å²) >= 11 is 0. The Balaban J connectivity index is 2.58. The first kappa shape index (κ1) is 18.1. The van der Waals surface area contributed by atoms with E-state index in [9.17, 15) is 5.11 Å². The number of aliphatic hydroxyl groups excluding tert-OH is 1. The van der Waals surface area contributed by atoms with Crippen LogP contribution in [0.2, 0.25) is 0 Å². The number of hydrogen-bond donors (Lipinski definition) is 1. The van der Waals surface area contributed by atoms with Crippen LogP contribution in [0.3, 0.4) is 0 Å². The highest BCUT2D eigenvalue weighted by molar-refractivity contribution is 5.14. The third-order valence-corrected chi connectivity index (χ3v) is 3.60. The molecule has 0 aliphatic carbocycles. The standard InChI is InChI=1S/C18H31NO2/c1-6-15(2)19(12-16-10-8-7-9-11-16)13-17(20)14-21-18(3,4)5/h7-11,15,17,20H,6,12-14H2,1-5H3. The van der Waals surface area contributed by atoms with Gasteiger partial charge in [-0.25, -0.2) is 0 Å². The average Bonchev–Trinajstić information content (AvgIpc) is 2.44. The van der Waals surface area contributed by atoms with Gasteiger partial charge in [0.15, 0.2) is 0 Å². The van der Waals surface area contributed by atoms with Gasteiger partial charge in [0, 0.05) is 19.1 Å². The largest absolute Gasteiger partial charge is 0.389 e. The van der Waals surface area contributed by atoms with Gasteiger partial charge in [-0.05, 0) is 39.7 Å². The number of ether oxygens (including phenoxy) is 1. The van der Waals surface area contributed by atoms with Gasteiger partial charge in [-0.1, -0.05) is 37.3 Å². The number of rotatable bonds is 8. The molecule has 120 valence electrons. The molecular formula is C18H31NO2. The van der Waals surface area contributed by atoms with Crippen molar-refractivity contribution in [3.63, 3.8) is 0 Å². The van der Waals surface area contributed by atoms with Crippen LogP contribution < -0.4 is 0 Å². The Kier molecular flexibility index (Phi) is 7.36. The van der Waals surface area contributed by atoms with Crippen molar-refractivity contribution in [3.05, 3.63) is 35.9 Å². The van der Waals surface area contributed by atoms with Crippen molar-refractivity contribution in [2.75, 3.05) is 13.2 Å². The van der Waals surface area contributed by atoms with Crippen LogP contribution in [0.25, 0.3) is 0 Å². The van der Waals surface area contributed by atoms with Crippen molar-refractivity contribution < 1.29 is 9.84 Å². The van der Waals surface area contributed by atoms with E-state index in [1.54, 1.807) is 0 Å². The SMILES string of the molecule is CCC(C)N(Cc1ccccc1)CC(O)COC(C)(C)C. The number of nitrogens with zero attached hydrogens (tertiary/aromatic N) is 1. The van der Waals surface area contributed by atoms with E-state index in [4.69, 9.17) is 4.74 Å². The van der Waals surface area contributed by atoms with Crippen LogP contribution in [0.5, 0.6) is 0 Å². The summed E-state index contributed by atoms with van der Waals surface area (Å²) in [4.78, 5) is 2.33. The first-order valence-corrected chi connectivity index (χ1v) is 7.92. The van der Waals surface area contributed by atoms with E-state index in [0.717, 1.165) is 13.0 Å². The molecule has 3 heteroatoms. The third-order valence-electron chi connectivity index (χ3n) is 3.60. The molecule has 0 radical (unpaired) electrons.